The molecule has 1 aromatic rings. The molecule has 1 aliphatic heterocycles. The van der Waals surface area contributed by atoms with Gasteiger partial charge in [-0.25, -0.2) is 9.97 Å². The van der Waals surface area contributed by atoms with Crippen molar-refractivity contribution < 1.29 is 9.90 Å². The number of piperidine rings is 1. The molecule has 1 fully saturated rings. The van der Waals surface area contributed by atoms with Crippen LogP contribution in [0.2, 0.25) is 0 Å². The van der Waals surface area contributed by atoms with E-state index in [-0.39, 0.29) is 5.92 Å². The summed E-state index contributed by atoms with van der Waals surface area (Å²) in [5.74, 6) is -0.581. The Balaban J connectivity index is 1.97. The first kappa shape index (κ1) is 9.89. The average Bonchev–Trinajstić information content (AvgIpc) is 2.30. The molecule has 1 aromatic heterocycles. The van der Waals surface area contributed by atoms with Crippen LogP contribution in [0.1, 0.15) is 12.8 Å². The minimum Gasteiger partial charge on any atom is -0.550 e. The molecule has 0 amide bonds. The van der Waals surface area contributed by atoms with E-state index in [2.05, 4.69) is 9.97 Å². The quantitative estimate of drug-likeness (QED) is 0.649. The van der Waals surface area contributed by atoms with Crippen LogP contribution in [0.25, 0.3) is 0 Å². The standard InChI is InChI=1S/C10H13N3O2/c14-9(15)8-2-6-13(7-3-8)10-11-4-1-5-12-10/h1,4-5,8H,2-3,6-7H2,(H,14,15)/p-1. The van der Waals surface area contributed by atoms with Crippen molar-refractivity contribution in [1.82, 2.24) is 9.97 Å². The third-order valence-corrected chi connectivity index (χ3v) is 2.66. The summed E-state index contributed by atoms with van der Waals surface area (Å²) in [6.07, 6.45) is 4.60. The molecule has 0 N–H and O–H groups in total. The SMILES string of the molecule is O=C([O-])C1CCN(c2ncccn2)CC1. The van der Waals surface area contributed by atoms with Crippen LogP contribution in [0.4, 0.5) is 5.95 Å². The van der Waals surface area contributed by atoms with E-state index in [0.29, 0.717) is 31.9 Å². The lowest BCUT2D eigenvalue weighted by Gasteiger charge is -2.32. The number of carbonyl (C=O) groups is 1. The van der Waals surface area contributed by atoms with E-state index in [9.17, 15) is 9.90 Å². The van der Waals surface area contributed by atoms with Crippen LogP contribution >= 0.6 is 0 Å². The highest BCUT2D eigenvalue weighted by Gasteiger charge is 2.21. The van der Waals surface area contributed by atoms with Gasteiger partial charge in [0.15, 0.2) is 0 Å². The molecule has 0 unspecified atom stereocenters. The van der Waals surface area contributed by atoms with Crippen molar-refractivity contribution in [3.63, 3.8) is 0 Å². The Hall–Kier alpha value is -1.65. The molecule has 1 aliphatic rings. The maximum atomic E-state index is 10.6. The number of aromatic nitrogens is 2. The third-order valence-electron chi connectivity index (χ3n) is 2.66. The Labute approximate surface area is 87.8 Å². The number of hydrogen-bond acceptors (Lipinski definition) is 5. The van der Waals surface area contributed by atoms with Crippen molar-refractivity contribution in [2.45, 2.75) is 12.8 Å². The van der Waals surface area contributed by atoms with Crippen LogP contribution in [-0.2, 0) is 4.79 Å². The van der Waals surface area contributed by atoms with Crippen molar-refractivity contribution in [3.8, 4) is 0 Å². The molecule has 0 spiro atoms. The third kappa shape index (κ3) is 2.23. The lowest BCUT2D eigenvalue weighted by atomic mass is 9.97. The molecule has 0 saturated carbocycles. The van der Waals surface area contributed by atoms with Gasteiger partial charge in [0.1, 0.15) is 0 Å². The summed E-state index contributed by atoms with van der Waals surface area (Å²) in [7, 11) is 0. The fourth-order valence-corrected chi connectivity index (χ4v) is 1.77. The average molecular weight is 206 g/mol. The van der Waals surface area contributed by atoms with Crippen LogP contribution in [-0.4, -0.2) is 29.0 Å². The molecule has 5 nitrogen and oxygen atoms in total. The van der Waals surface area contributed by atoms with E-state index < -0.39 is 5.97 Å². The molecule has 1 saturated heterocycles. The second-order valence-corrected chi connectivity index (χ2v) is 3.63. The highest BCUT2D eigenvalue weighted by Crippen LogP contribution is 2.19. The highest BCUT2D eigenvalue weighted by molar-refractivity contribution is 5.68. The number of carbonyl (C=O) groups excluding carboxylic acids is 1. The Kier molecular flexibility index (Phi) is 2.80. The zero-order valence-corrected chi connectivity index (χ0v) is 8.30. The van der Waals surface area contributed by atoms with E-state index in [1.165, 1.54) is 0 Å². The smallest absolute Gasteiger partial charge is 0.225 e. The first-order chi connectivity index (χ1) is 7.27. The van der Waals surface area contributed by atoms with Crippen LogP contribution in [0.15, 0.2) is 18.5 Å². The normalized spacial score (nSPS) is 17.7. The van der Waals surface area contributed by atoms with Gasteiger partial charge in [0.25, 0.3) is 0 Å². The number of carboxylic acid groups (broad SMARTS) is 1. The number of rotatable bonds is 2. The summed E-state index contributed by atoms with van der Waals surface area (Å²) >= 11 is 0. The second kappa shape index (κ2) is 4.25. The Morgan fingerprint density at radius 2 is 1.93 bits per heavy atom. The molecule has 2 rings (SSSR count). The molecular formula is C10H12N3O2-. The monoisotopic (exact) mass is 206 g/mol. The van der Waals surface area contributed by atoms with E-state index in [1.807, 2.05) is 4.90 Å². The summed E-state index contributed by atoms with van der Waals surface area (Å²) in [6.45, 7) is 1.37. The van der Waals surface area contributed by atoms with Gasteiger partial charge < -0.3 is 14.8 Å². The van der Waals surface area contributed by atoms with Gasteiger partial charge in [-0.05, 0) is 18.9 Å². The Morgan fingerprint density at radius 1 is 1.33 bits per heavy atom. The van der Waals surface area contributed by atoms with Crippen LogP contribution in [0.3, 0.4) is 0 Å². The van der Waals surface area contributed by atoms with Gasteiger partial charge in [0.2, 0.25) is 5.95 Å². The van der Waals surface area contributed by atoms with Crippen LogP contribution in [0, 0.1) is 5.92 Å². The summed E-state index contributed by atoms with van der Waals surface area (Å²) < 4.78 is 0. The lowest BCUT2D eigenvalue weighted by molar-refractivity contribution is -0.312. The van der Waals surface area contributed by atoms with Gasteiger partial charge >= 0.3 is 0 Å². The van der Waals surface area contributed by atoms with Gasteiger partial charge in [-0.15, -0.1) is 0 Å². The predicted molar refractivity (Wildman–Crippen MR) is 52.0 cm³/mol. The van der Waals surface area contributed by atoms with Gasteiger partial charge in [0.05, 0.1) is 0 Å². The number of carboxylic acids is 1. The van der Waals surface area contributed by atoms with Gasteiger partial charge in [-0.3, -0.25) is 0 Å². The maximum absolute atomic E-state index is 10.6. The van der Waals surface area contributed by atoms with Gasteiger partial charge in [-0.2, -0.15) is 0 Å². The molecular weight excluding hydrogens is 194 g/mol. The zero-order chi connectivity index (χ0) is 10.7. The number of aliphatic carboxylic acids is 1. The topological polar surface area (TPSA) is 69.2 Å². The summed E-state index contributed by atoms with van der Waals surface area (Å²) in [5.41, 5.74) is 0. The first-order valence-electron chi connectivity index (χ1n) is 5.00. The number of anilines is 1. The minimum absolute atomic E-state index is 0.315. The minimum atomic E-state index is -0.941. The largest absolute Gasteiger partial charge is 0.550 e. The van der Waals surface area contributed by atoms with E-state index in [0.717, 1.165) is 0 Å². The van der Waals surface area contributed by atoms with Gasteiger partial charge in [0, 0.05) is 37.4 Å². The first-order valence-corrected chi connectivity index (χ1v) is 5.00. The lowest BCUT2D eigenvalue weighted by Crippen LogP contribution is -2.41. The molecule has 0 bridgehead atoms. The van der Waals surface area contributed by atoms with E-state index in [1.54, 1.807) is 18.5 Å². The number of hydrogen-bond donors (Lipinski definition) is 0. The van der Waals surface area contributed by atoms with Crippen molar-refractivity contribution >= 4 is 11.9 Å². The Morgan fingerprint density at radius 3 is 2.47 bits per heavy atom. The fraction of sp³-hybridized carbons (Fsp3) is 0.500. The highest BCUT2D eigenvalue weighted by atomic mass is 16.4. The molecule has 2 heterocycles. The fourth-order valence-electron chi connectivity index (χ4n) is 1.77. The van der Waals surface area contributed by atoms with E-state index >= 15 is 0 Å². The van der Waals surface area contributed by atoms with Gasteiger partial charge in [-0.1, -0.05) is 0 Å². The maximum Gasteiger partial charge on any atom is 0.225 e. The van der Waals surface area contributed by atoms with Crippen molar-refractivity contribution in [2.75, 3.05) is 18.0 Å². The predicted octanol–water partition coefficient (Wildman–Crippen LogP) is -0.557. The molecule has 80 valence electrons. The summed E-state index contributed by atoms with van der Waals surface area (Å²) in [5, 5.41) is 10.6. The molecule has 0 aliphatic carbocycles. The Bertz CT molecular complexity index is 334. The molecule has 0 aromatic carbocycles. The summed E-state index contributed by atoms with van der Waals surface area (Å²) in [4.78, 5) is 20.9. The second-order valence-electron chi connectivity index (χ2n) is 3.63. The van der Waals surface area contributed by atoms with Crippen molar-refractivity contribution in [3.05, 3.63) is 18.5 Å². The van der Waals surface area contributed by atoms with Crippen LogP contribution < -0.4 is 10.0 Å². The molecule has 5 heteroatoms. The van der Waals surface area contributed by atoms with Crippen molar-refractivity contribution in [2.24, 2.45) is 5.92 Å². The van der Waals surface area contributed by atoms with E-state index in [4.69, 9.17) is 0 Å². The zero-order valence-electron chi connectivity index (χ0n) is 8.30. The number of nitrogens with zero attached hydrogens (tertiary/aromatic N) is 3. The molecule has 0 atom stereocenters. The molecule has 0 radical (unpaired) electrons. The summed E-state index contributed by atoms with van der Waals surface area (Å²) in [6, 6.07) is 1.76. The van der Waals surface area contributed by atoms with Crippen LogP contribution in [0.5, 0.6) is 0 Å². The van der Waals surface area contributed by atoms with Crippen molar-refractivity contribution in [1.29, 1.82) is 0 Å². The molecule has 15 heavy (non-hydrogen) atoms.